The van der Waals surface area contributed by atoms with Crippen LogP contribution in [-0.2, 0) is 25.6 Å². The number of hydrogen-bond donors (Lipinski definition) is 1. The number of ether oxygens (including phenoxy) is 1. The second-order valence-corrected chi connectivity index (χ2v) is 8.77. The number of hydrogen-bond acceptors (Lipinski definition) is 5. The van der Waals surface area contributed by atoms with Gasteiger partial charge in [-0.1, -0.05) is 69.4 Å². The molecular formula is C20H31NO5S. The van der Waals surface area contributed by atoms with Crippen molar-refractivity contribution in [2.45, 2.75) is 77.0 Å². The number of nitrogens with one attached hydrogen (secondary N) is 1. The molecule has 6 nitrogen and oxygen atoms in total. The van der Waals surface area contributed by atoms with E-state index in [2.05, 4.69) is 5.32 Å². The van der Waals surface area contributed by atoms with E-state index in [1.54, 1.807) is 0 Å². The summed E-state index contributed by atoms with van der Waals surface area (Å²) >= 11 is 0. The molecule has 1 aliphatic carbocycles. The van der Waals surface area contributed by atoms with Gasteiger partial charge in [-0.05, 0) is 24.8 Å². The summed E-state index contributed by atoms with van der Waals surface area (Å²) in [6.45, 7) is 2.18. The highest BCUT2D eigenvalue weighted by atomic mass is 32.2. The number of carbonyl (C=O) groups is 1. The number of rotatable bonds is 10. The molecule has 0 aliphatic heterocycles. The van der Waals surface area contributed by atoms with Gasteiger partial charge < -0.3 is 10.1 Å². The molecule has 1 saturated carbocycles. The van der Waals surface area contributed by atoms with Crippen LogP contribution in [0.3, 0.4) is 0 Å². The van der Waals surface area contributed by atoms with Crippen LogP contribution < -0.4 is 5.32 Å². The smallest absolute Gasteiger partial charge is 0.407 e. The van der Waals surface area contributed by atoms with E-state index in [1.807, 2.05) is 37.3 Å². The van der Waals surface area contributed by atoms with Gasteiger partial charge in [-0.2, -0.15) is 8.42 Å². The van der Waals surface area contributed by atoms with Gasteiger partial charge in [-0.3, -0.25) is 4.18 Å². The first-order chi connectivity index (χ1) is 13.0. The Morgan fingerprint density at radius 2 is 1.89 bits per heavy atom. The third-order valence-corrected chi connectivity index (χ3v) is 6.06. The quantitative estimate of drug-likeness (QED) is 0.600. The van der Waals surface area contributed by atoms with Crippen molar-refractivity contribution in [1.82, 2.24) is 5.32 Å². The maximum atomic E-state index is 12.4. The molecule has 1 atom stereocenters. The van der Waals surface area contributed by atoms with Crippen LogP contribution in [0.25, 0.3) is 0 Å². The first-order valence-electron chi connectivity index (χ1n) is 9.86. The van der Waals surface area contributed by atoms with Gasteiger partial charge in [-0.15, -0.1) is 0 Å². The molecule has 1 aromatic rings. The van der Waals surface area contributed by atoms with Crippen LogP contribution in [0.4, 0.5) is 4.79 Å². The average Bonchev–Trinajstić information content (AvgIpc) is 2.65. The standard InChI is InChI=1S/C20H31NO5S/c1-2-3-12-18(16-27(23,24)26-19-13-8-5-9-14-19)21-20(22)25-15-17-10-6-4-7-11-17/h4,6-7,10-11,18-19H,2-3,5,8-9,12-16H2,1H3,(H,21,22). The minimum absolute atomic E-state index is 0.151. The lowest BCUT2D eigenvalue weighted by Crippen LogP contribution is -2.41. The summed E-state index contributed by atoms with van der Waals surface area (Å²) in [6.07, 6.45) is 6.19. The lowest BCUT2D eigenvalue weighted by atomic mass is 9.98. The van der Waals surface area contributed by atoms with Crippen LogP contribution in [0, 0.1) is 0 Å². The molecule has 152 valence electrons. The molecule has 1 unspecified atom stereocenters. The molecule has 0 radical (unpaired) electrons. The largest absolute Gasteiger partial charge is 0.445 e. The van der Waals surface area contributed by atoms with Crippen LogP contribution in [0.1, 0.15) is 63.9 Å². The number of carbonyl (C=O) groups excluding carboxylic acids is 1. The third-order valence-electron chi connectivity index (χ3n) is 4.68. The highest BCUT2D eigenvalue weighted by molar-refractivity contribution is 7.86. The second-order valence-electron chi connectivity index (χ2n) is 7.13. The Morgan fingerprint density at radius 3 is 2.56 bits per heavy atom. The first kappa shape index (κ1) is 21.7. The van der Waals surface area contributed by atoms with Crippen molar-refractivity contribution < 1.29 is 22.1 Å². The summed E-state index contributed by atoms with van der Waals surface area (Å²) in [6, 6.07) is 8.85. The minimum atomic E-state index is -3.69. The first-order valence-corrected chi connectivity index (χ1v) is 11.4. The van der Waals surface area contributed by atoms with Crippen molar-refractivity contribution in [3.63, 3.8) is 0 Å². The summed E-state index contributed by atoms with van der Waals surface area (Å²) < 4.78 is 35.4. The third kappa shape index (κ3) is 8.75. The van der Waals surface area contributed by atoms with Gasteiger partial charge in [0.25, 0.3) is 10.1 Å². The molecule has 7 heteroatoms. The highest BCUT2D eigenvalue weighted by Crippen LogP contribution is 2.22. The number of benzene rings is 1. The maximum Gasteiger partial charge on any atom is 0.407 e. The van der Waals surface area contributed by atoms with E-state index in [-0.39, 0.29) is 18.5 Å². The summed E-state index contributed by atoms with van der Waals surface area (Å²) in [5.41, 5.74) is 0.881. The van der Waals surface area contributed by atoms with Gasteiger partial charge in [0.05, 0.1) is 11.9 Å². The zero-order chi connectivity index (χ0) is 19.5. The van der Waals surface area contributed by atoms with Gasteiger partial charge in [-0.25, -0.2) is 4.79 Å². The van der Waals surface area contributed by atoms with Crippen molar-refractivity contribution in [1.29, 1.82) is 0 Å². The Balaban J connectivity index is 1.85. The summed E-state index contributed by atoms with van der Waals surface area (Å²) in [5, 5.41) is 2.70. The van der Waals surface area contributed by atoms with E-state index >= 15 is 0 Å². The lowest BCUT2D eigenvalue weighted by molar-refractivity contribution is 0.135. The Hall–Kier alpha value is -1.60. The fourth-order valence-electron chi connectivity index (χ4n) is 3.23. The van der Waals surface area contributed by atoms with Gasteiger partial charge in [0.2, 0.25) is 0 Å². The molecule has 1 aliphatic rings. The lowest BCUT2D eigenvalue weighted by Gasteiger charge is -2.23. The number of amides is 1. The SMILES string of the molecule is CCCCC(CS(=O)(=O)OC1CCCCC1)NC(=O)OCc1ccccc1. The second kappa shape index (κ2) is 11.3. The molecular weight excluding hydrogens is 366 g/mol. The van der Waals surface area contributed by atoms with Crippen molar-refractivity contribution in [2.24, 2.45) is 0 Å². The van der Waals surface area contributed by atoms with Crippen molar-refractivity contribution >= 4 is 16.2 Å². The van der Waals surface area contributed by atoms with E-state index in [0.29, 0.717) is 6.42 Å². The summed E-state index contributed by atoms with van der Waals surface area (Å²) in [7, 11) is -3.69. The fourth-order valence-corrected chi connectivity index (χ4v) is 4.66. The Labute approximate surface area is 162 Å². The predicted molar refractivity (Wildman–Crippen MR) is 105 cm³/mol. The van der Waals surface area contributed by atoms with E-state index in [1.165, 1.54) is 0 Å². The van der Waals surface area contributed by atoms with Crippen molar-refractivity contribution in [3.05, 3.63) is 35.9 Å². The maximum absolute atomic E-state index is 12.4. The van der Waals surface area contributed by atoms with Crippen LogP contribution in [0.15, 0.2) is 30.3 Å². The number of alkyl carbamates (subject to hydrolysis) is 1. The van der Waals surface area contributed by atoms with E-state index in [0.717, 1.165) is 50.5 Å². The Morgan fingerprint density at radius 1 is 1.19 bits per heavy atom. The molecule has 0 bridgehead atoms. The molecule has 0 aromatic heterocycles. The molecule has 0 spiro atoms. The van der Waals surface area contributed by atoms with Crippen LogP contribution in [0.5, 0.6) is 0 Å². The monoisotopic (exact) mass is 397 g/mol. The van der Waals surface area contributed by atoms with Crippen LogP contribution in [-0.4, -0.2) is 32.4 Å². The van der Waals surface area contributed by atoms with Crippen LogP contribution in [0.2, 0.25) is 0 Å². The molecule has 1 fully saturated rings. The van der Waals surface area contributed by atoms with Gasteiger partial charge >= 0.3 is 6.09 Å². The van der Waals surface area contributed by atoms with Gasteiger partial charge in [0, 0.05) is 6.04 Å². The molecule has 27 heavy (non-hydrogen) atoms. The van der Waals surface area contributed by atoms with E-state index in [4.69, 9.17) is 8.92 Å². The average molecular weight is 398 g/mol. The topological polar surface area (TPSA) is 81.7 Å². The molecule has 0 heterocycles. The van der Waals surface area contributed by atoms with Crippen molar-refractivity contribution in [2.75, 3.05) is 5.75 Å². The fraction of sp³-hybridized carbons (Fsp3) is 0.650. The summed E-state index contributed by atoms with van der Waals surface area (Å²) in [5.74, 6) is -0.218. The Kier molecular flexibility index (Phi) is 9.07. The zero-order valence-corrected chi connectivity index (χ0v) is 16.9. The minimum Gasteiger partial charge on any atom is -0.445 e. The molecule has 1 aromatic carbocycles. The molecule has 1 amide bonds. The normalized spacial score (nSPS) is 16.6. The van der Waals surface area contributed by atoms with Gasteiger partial charge in [0.1, 0.15) is 6.61 Å². The molecule has 2 rings (SSSR count). The molecule has 1 N–H and O–H groups in total. The molecule has 0 saturated heterocycles. The zero-order valence-electron chi connectivity index (χ0n) is 16.1. The number of unbranched alkanes of at least 4 members (excludes halogenated alkanes) is 1. The Bertz CT molecular complexity index is 656. The van der Waals surface area contributed by atoms with E-state index < -0.39 is 22.3 Å². The van der Waals surface area contributed by atoms with Crippen LogP contribution >= 0.6 is 0 Å². The highest BCUT2D eigenvalue weighted by Gasteiger charge is 2.26. The van der Waals surface area contributed by atoms with Crippen molar-refractivity contribution in [3.8, 4) is 0 Å². The summed E-state index contributed by atoms with van der Waals surface area (Å²) in [4.78, 5) is 12.1. The van der Waals surface area contributed by atoms with E-state index in [9.17, 15) is 13.2 Å². The van der Waals surface area contributed by atoms with Gasteiger partial charge in [0.15, 0.2) is 0 Å². The predicted octanol–water partition coefficient (Wildman–Crippen LogP) is 4.15.